The second-order valence-corrected chi connectivity index (χ2v) is 7.54. The van der Waals surface area contributed by atoms with Gasteiger partial charge in [-0.05, 0) is 56.0 Å². The third-order valence-electron chi connectivity index (χ3n) is 5.27. The third kappa shape index (κ3) is 5.50. The summed E-state index contributed by atoms with van der Waals surface area (Å²) >= 11 is 0. The number of fused-ring (bicyclic) bond motifs is 1. The summed E-state index contributed by atoms with van der Waals surface area (Å²) in [7, 11) is 0. The molecular formula is C25H31N3O2. The zero-order valence-electron chi connectivity index (χ0n) is 18.0. The molecule has 1 aromatic heterocycles. The van der Waals surface area contributed by atoms with E-state index in [9.17, 15) is 4.79 Å². The van der Waals surface area contributed by atoms with Gasteiger partial charge in [-0.3, -0.25) is 4.79 Å². The molecule has 3 rings (SSSR count). The van der Waals surface area contributed by atoms with Crippen molar-refractivity contribution in [2.75, 3.05) is 13.2 Å². The second kappa shape index (κ2) is 10.6. The van der Waals surface area contributed by atoms with Gasteiger partial charge in [0.2, 0.25) is 5.91 Å². The van der Waals surface area contributed by atoms with Crippen LogP contribution in [0.25, 0.3) is 11.0 Å². The van der Waals surface area contributed by atoms with Gasteiger partial charge in [-0.2, -0.15) is 0 Å². The van der Waals surface area contributed by atoms with E-state index < -0.39 is 0 Å². The Balaban J connectivity index is 1.60. The molecule has 0 aliphatic rings. The number of carbonyl (C=O) groups is 1. The molecule has 5 nitrogen and oxygen atoms in total. The third-order valence-corrected chi connectivity index (χ3v) is 5.27. The lowest BCUT2D eigenvalue weighted by atomic mass is 10.1. The fourth-order valence-electron chi connectivity index (χ4n) is 3.70. The van der Waals surface area contributed by atoms with Crippen molar-refractivity contribution in [3.8, 4) is 5.75 Å². The highest BCUT2D eigenvalue weighted by molar-refractivity contribution is 5.86. The number of hydrogen-bond donors (Lipinski definition) is 1. The molecule has 1 amide bonds. The average molecular weight is 406 g/mol. The van der Waals surface area contributed by atoms with Crippen molar-refractivity contribution in [1.29, 1.82) is 0 Å². The number of nitrogens with zero attached hydrogens (tertiary/aromatic N) is 2. The van der Waals surface area contributed by atoms with Crippen LogP contribution in [0.2, 0.25) is 0 Å². The van der Waals surface area contributed by atoms with E-state index in [0.29, 0.717) is 13.2 Å². The molecule has 5 heteroatoms. The minimum absolute atomic E-state index is 0.110. The molecule has 0 radical (unpaired) electrons. The second-order valence-electron chi connectivity index (χ2n) is 7.54. The predicted octanol–water partition coefficient (Wildman–Crippen LogP) is 4.75. The van der Waals surface area contributed by atoms with Gasteiger partial charge in [-0.25, -0.2) is 4.98 Å². The molecule has 1 heterocycles. The topological polar surface area (TPSA) is 56.2 Å². The fourth-order valence-corrected chi connectivity index (χ4v) is 3.70. The van der Waals surface area contributed by atoms with Gasteiger partial charge >= 0.3 is 0 Å². The Morgan fingerprint density at radius 2 is 1.87 bits per heavy atom. The highest BCUT2D eigenvalue weighted by Gasteiger charge is 2.11. The van der Waals surface area contributed by atoms with Crippen molar-refractivity contribution >= 4 is 16.9 Å². The fraction of sp³-hybridized carbons (Fsp3) is 0.360. The van der Waals surface area contributed by atoms with E-state index in [2.05, 4.69) is 66.7 Å². The highest BCUT2D eigenvalue weighted by atomic mass is 16.5. The van der Waals surface area contributed by atoms with Gasteiger partial charge in [0, 0.05) is 13.0 Å². The van der Waals surface area contributed by atoms with E-state index in [1.807, 2.05) is 6.07 Å². The zero-order chi connectivity index (χ0) is 21.3. The first-order valence-corrected chi connectivity index (χ1v) is 10.6. The predicted molar refractivity (Wildman–Crippen MR) is 122 cm³/mol. The maximum Gasteiger partial charge on any atom is 0.243 e. The normalized spacial score (nSPS) is 10.9. The number of hydrogen-bond acceptors (Lipinski definition) is 3. The number of para-hydroxylation sites is 3. The number of carbonyl (C=O) groups excluding carboxylic acids is 1. The molecule has 0 fully saturated rings. The molecule has 0 unspecified atom stereocenters. The van der Waals surface area contributed by atoms with E-state index in [0.717, 1.165) is 66.0 Å². The molecular weight excluding hydrogens is 374 g/mol. The van der Waals surface area contributed by atoms with Gasteiger partial charge in [-0.1, -0.05) is 43.3 Å². The molecule has 158 valence electrons. The Morgan fingerprint density at radius 1 is 1.10 bits per heavy atom. The van der Waals surface area contributed by atoms with Gasteiger partial charge in [0.05, 0.1) is 17.6 Å². The Morgan fingerprint density at radius 3 is 2.63 bits per heavy atom. The van der Waals surface area contributed by atoms with Crippen molar-refractivity contribution in [1.82, 2.24) is 14.9 Å². The zero-order valence-corrected chi connectivity index (χ0v) is 18.0. The Kier molecular flexibility index (Phi) is 7.66. The van der Waals surface area contributed by atoms with Crippen LogP contribution in [-0.4, -0.2) is 28.6 Å². The van der Waals surface area contributed by atoms with Crippen LogP contribution in [-0.2, 0) is 17.8 Å². The first-order chi connectivity index (χ1) is 14.6. The number of nitrogens with one attached hydrogen (secondary N) is 1. The number of benzene rings is 2. The summed E-state index contributed by atoms with van der Waals surface area (Å²) in [4.78, 5) is 16.1. The van der Waals surface area contributed by atoms with Gasteiger partial charge in [0.15, 0.2) is 0 Å². The standard InChI is InChI=1S/C25H31N3O2/c1-4-24(29)26-16-9-5-6-15-23-27-21-13-7-8-14-22(21)28(23)17-18-30-25-19(2)11-10-12-20(25)3/h4,7-8,10-14H,1,5-6,9,15-18H2,2-3H3,(H,26,29). The molecule has 1 N–H and O–H groups in total. The van der Waals surface area contributed by atoms with Crippen molar-refractivity contribution in [3.05, 3.63) is 72.1 Å². The van der Waals surface area contributed by atoms with E-state index in [1.165, 1.54) is 6.08 Å². The van der Waals surface area contributed by atoms with E-state index >= 15 is 0 Å². The summed E-state index contributed by atoms with van der Waals surface area (Å²) in [6, 6.07) is 14.5. The lowest BCUT2D eigenvalue weighted by molar-refractivity contribution is -0.116. The number of amides is 1. The maximum absolute atomic E-state index is 11.2. The quantitative estimate of drug-likeness (QED) is 0.370. The Bertz CT molecular complexity index is 987. The summed E-state index contributed by atoms with van der Waals surface area (Å²) in [5.74, 6) is 1.96. The summed E-state index contributed by atoms with van der Waals surface area (Å²) < 4.78 is 8.42. The minimum atomic E-state index is -0.110. The minimum Gasteiger partial charge on any atom is -0.491 e. The molecule has 0 aliphatic heterocycles. The van der Waals surface area contributed by atoms with Crippen LogP contribution in [0.5, 0.6) is 5.75 Å². The van der Waals surface area contributed by atoms with E-state index in [-0.39, 0.29) is 5.91 Å². The number of unbranched alkanes of at least 4 members (excludes halogenated alkanes) is 2. The van der Waals surface area contributed by atoms with Crippen LogP contribution < -0.4 is 10.1 Å². The first-order valence-electron chi connectivity index (χ1n) is 10.6. The summed E-state index contributed by atoms with van der Waals surface area (Å²) in [6.07, 6.45) is 5.25. The number of aromatic nitrogens is 2. The van der Waals surface area contributed by atoms with Crippen LogP contribution in [0.4, 0.5) is 0 Å². The molecule has 0 saturated carbocycles. The van der Waals surface area contributed by atoms with Crippen molar-refractivity contribution in [3.63, 3.8) is 0 Å². The van der Waals surface area contributed by atoms with Crippen molar-refractivity contribution in [2.45, 2.75) is 46.1 Å². The van der Waals surface area contributed by atoms with Crippen LogP contribution >= 0.6 is 0 Å². The average Bonchev–Trinajstić information content (AvgIpc) is 3.10. The number of aryl methyl sites for hydroxylation is 3. The molecule has 0 atom stereocenters. The smallest absolute Gasteiger partial charge is 0.243 e. The summed E-state index contributed by atoms with van der Waals surface area (Å²) in [5.41, 5.74) is 4.50. The number of imidazole rings is 1. The first kappa shape index (κ1) is 21.6. The van der Waals surface area contributed by atoms with Crippen LogP contribution in [0.3, 0.4) is 0 Å². The molecule has 3 aromatic rings. The van der Waals surface area contributed by atoms with Crippen molar-refractivity contribution < 1.29 is 9.53 Å². The van der Waals surface area contributed by atoms with Crippen LogP contribution in [0.15, 0.2) is 55.1 Å². The summed E-state index contributed by atoms with van der Waals surface area (Å²) in [6.45, 7) is 9.68. The van der Waals surface area contributed by atoms with Crippen LogP contribution in [0.1, 0.15) is 36.2 Å². The molecule has 30 heavy (non-hydrogen) atoms. The van der Waals surface area contributed by atoms with Gasteiger partial charge < -0.3 is 14.6 Å². The Hall–Kier alpha value is -3.08. The summed E-state index contributed by atoms with van der Waals surface area (Å²) in [5, 5.41) is 2.82. The van der Waals surface area contributed by atoms with E-state index in [1.54, 1.807) is 0 Å². The molecule has 0 bridgehead atoms. The van der Waals surface area contributed by atoms with Crippen molar-refractivity contribution in [2.24, 2.45) is 0 Å². The molecule has 0 saturated heterocycles. The molecule has 0 spiro atoms. The SMILES string of the molecule is C=CC(=O)NCCCCCc1nc2ccccc2n1CCOc1c(C)cccc1C. The largest absolute Gasteiger partial charge is 0.491 e. The monoisotopic (exact) mass is 405 g/mol. The maximum atomic E-state index is 11.2. The highest BCUT2D eigenvalue weighted by Crippen LogP contribution is 2.23. The van der Waals surface area contributed by atoms with Gasteiger partial charge in [-0.15, -0.1) is 0 Å². The van der Waals surface area contributed by atoms with Gasteiger partial charge in [0.25, 0.3) is 0 Å². The lowest BCUT2D eigenvalue weighted by Gasteiger charge is -2.14. The van der Waals surface area contributed by atoms with E-state index in [4.69, 9.17) is 9.72 Å². The molecule has 0 aliphatic carbocycles. The Labute approximate surface area is 178 Å². The van der Waals surface area contributed by atoms with Crippen LogP contribution in [0, 0.1) is 13.8 Å². The molecule has 2 aromatic carbocycles. The number of rotatable bonds is 11. The van der Waals surface area contributed by atoms with Gasteiger partial charge in [0.1, 0.15) is 18.2 Å². The number of ether oxygens (including phenoxy) is 1. The lowest BCUT2D eigenvalue weighted by Crippen LogP contribution is -2.21.